The minimum Gasteiger partial charge on any atom is -0.492 e. The van der Waals surface area contributed by atoms with Crippen LogP contribution in [0.1, 0.15) is 17.0 Å². The molecule has 2 aliphatic rings. The summed E-state index contributed by atoms with van der Waals surface area (Å²) in [6.45, 7) is 4.38. The van der Waals surface area contributed by atoms with Crippen molar-refractivity contribution in [1.29, 1.82) is 5.26 Å². The molecule has 2 fully saturated rings. The first-order valence-electron chi connectivity index (χ1n) is 12.4. The fourth-order valence-corrected chi connectivity index (χ4v) is 4.56. The lowest BCUT2D eigenvalue weighted by atomic mass is 10.0. The maximum atomic E-state index is 11.5. The van der Waals surface area contributed by atoms with Gasteiger partial charge in [0.15, 0.2) is 0 Å². The summed E-state index contributed by atoms with van der Waals surface area (Å²) in [4.78, 5) is 24.6. The molecule has 9 heteroatoms. The van der Waals surface area contributed by atoms with Crippen molar-refractivity contribution in [2.45, 2.75) is 6.42 Å². The number of carbonyl (C=O) groups is 1. The molecular weight excluding hydrogens is 470 g/mol. The van der Waals surface area contributed by atoms with Crippen molar-refractivity contribution in [2.24, 2.45) is 5.92 Å². The molecule has 0 saturated carbocycles. The number of nitriles is 1. The zero-order valence-electron chi connectivity index (χ0n) is 20.5. The van der Waals surface area contributed by atoms with Crippen molar-refractivity contribution in [3.63, 3.8) is 0 Å². The van der Waals surface area contributed by atoms with E-state index in [0.29, 0.717) is 43.3 Å². The maximum Gasteiger partial charge on any atom is 0.248 e. The van der Waals surface area contributed by atoms with Crippen LogP contribution in [0.3, 0.4) is 0 Å². The Morgan fingerprint density at radius 3 is 2.65 bits per heavy atom. The third-order valence-corrected chi connectivity index (χ3v) is 6.70. The van der Waals surface area contributed by atoms with Crippen molar-refractivity contribution in [1.82, 2.24) is 14.9 Å². The molecule has 0 aliphatic carbocycles. The van der Waals surface area contributed by atoms with Gasteiger partial charge < -0.3 is 24.4 Å². The molecule has 0 spiro atoms. The molecule has 0 atom stereocenters. The number of aliphatic hydroxyl groups is 1. The summed E-state index contributed by atoms with van der Waals surface area (Å²) in [6, 6.07) is 18.0. The van der Waals surface area contributed by atoms with Gasteiger partial charge in [0.05, 0.1) is 31.1 Å². The topological polar surface area (TPSA) is 112 Å². The van der Waals surface area contributed by atoms with E-state index in [9.17, 15) is 10.1 Å². The number of hydrogen-bond acceptors (Lipinski definition) is 8. The summed E-state index contributed by atoms with van der Waals surface area (Å²) in [7, 11) is 0. The largest absolute Gasteiger partial charge is 0.492 e. The van der Waals surface area contributed by atoms with Gasteiger partial charge in [-0.05, 0) is 42.0 Å². The van der Waals surface area contributed by atoms with Crippen LogP contribution in [-0.4, -0.2) is 78.5 Å². The van der Waals surface area contributed by atoms with Gasteiger partial charge in [-0.25, -0.2) is 9.97 Å². The van der Waals surface area contributed by atoms with Crippen LogP contribution in [0.5, 0.6) is 5.75 Å². The minimum absolute atomic E-state index is 0.189. The predicted molar refractivity (Wildman–Crippen MR) is 137 cm³/mol. The molecular formula is C28H29N5O4. The summed E-state index contributed by atoms with van der Waals surface area (Å²) in [5.74, 6) is 1.14. The van der Waals surface area contributed by atoms with E-state index in [1.54, 1.807) is 23.2 Å². The van der Waals surface area contributed by atoms with Gasteiger partial charge in [0.2, 0.25) is 5.91 Å². The molecule has 0 radical (unpaired) electrons. The lowest BCUT2D eigenvalue weighted by Gasteiger charge is -2.38. The van der Waals surface area contributed by atoms with Crippen molar-refractivity contribution in [2.75, 3.05) is 57.5 Å². The molecule has 0 unspecified atom stereocenters. The van der Waals surface area contributed by atoms with Crippen LogP contribution in [0, 0.1) is 17.2 Å². The summed E-state index contributed by atoms with van der Waals surface area (Å²) in [6.07, 6.45) is 2.35. The Morgan fingerprint density at radius 1 is 1.14 bits per heavy atom. The average Bonchev–Trinajstić information content (AvgIpc) is 2.93. The summed E-state index contributed by atoms with van der Waals surface area (Å²) in [5, 5.41) is 18.6. The second-order valence-electron chi connectivity index (χ2n) is 9.26. The Balaban J connectivity index is 1.22. The van der Waals surface area contributed by atoms with Gasteiger partial charge in [-0.3, -0.25) is 4.79 Å². The first kappa shape index (κ1) is 24.7. The lowest BCUT2D eigenvalue weighted by molar-refractivity contribution is -0.141. The highest BCUT2D eigenvalue weighted by atomic mass is 16.5. The number of nitrogens with zero attached hydrogens (tertiary/aromatic N) is 5. The van der Waals surface area contributed by atoms with Gasteiger partial charge in [-0.2, -0.15) is 5.26 Å². The van der Waals surface area contributed by atoms with Crippen molar-refractivity contribution in [3.05, 3.63) is 71.7 Å². The number of morpholine rings is 1. The Kier molecular flexibility index (Phi) is 7.59. The Morgan fingerprint density at radius 2 is 1.92 bits per heavy atom. The molecule has 37 heavy (non-hydrogen) atoms. The van der Waals surface area contributed by atoms with Crippen LogP contribution in [0.25, 0.3) is 11.3 Å². The SMILES string of the molecule is N#Cc1cc(-c2ccnc(Cc3ccc(N4CCOCC4)cc3)n2)ccc1OCC1CN(C(=O)CO)C1. The van der Waals surface area contributed by atoms with Crippen LogP contribution < -0.4 is 9.64 Å². The summed E-state index contributed by atoms with van der Waals surface area (Å²) in [5.41, 5.74) is 4.32. The second kappa shape index (κ2) is 11.4. The first-order chi connectivity index (χ1) is 18.1. The third-order valence-electron chi connectivity index (χ3n) is 6.70. The highest BCUT2D eigenvalue weighted by Crippen LogP contribution is 2.27. The van der Waals surface area contributed by atoms with Crippen molar-refractivity contribution < 1.29 is 19.4 Å². The van der Waals surface area contributed by atoms with Crippen LogP contribution in [0.15, 0.2) is 54.7 Å². The zero-order chi connectivity index (χ0) is 25.6. The van der Waals surface area contributed by atoms with Gasteiger partial charge in [-0.1, -0.05) is 12.1 Å². The van der Waals surface area contributed by atoms with Gasteiger partial charge in [-0.15, -0.1) is 0 Å². The fourth-order valence-electron chi connectivity index (χ4n) is 4.56. The first-order valence-corrected chi connectivity index (χ1v) is 12.4. The van der Waals surface area contributed by atoms with E-state index in [1.807, 2.05) is 12.1 Å². The highest BCUT2D eigenvalue weighted by molar-refractivity contribution is 5.78. The molecule has 2 aliphatic heterocycles. The number of amides is 1. The number of ether oxygens (including phenoxy) is 2. The molecule has 2 saturated heterocycles. The quantitative estimate of drug-likeness (QED) is 0.503. The maximum absolute atomic E-state index is 11.5. The van der Waals surface area contributed by atoms with E-state index >= 15 is 0 Å². The Bertz CT molecular complexity index is 1280. The Hall–Kier alpha value is -4.00. The van der Waals surface area contributed by atoms with E-state index < -0.39 is 6.61 Å². The van der Waals surface area contributed by atoms with Gasteiger partial charge >= 0.3 is 0 Å². The summed E-state index contributed by atoms with van der Waals surface area (Å²) < 4.78 is 11.3. The molecule has 1 amide bonds. The Labute approximate surface area is 215 Å². The van der Waals surface area contributed by atoms with Gasteiger partial charge in [0.1, 0.15) is 24.3 Å². The standard InChI is InChI=1S/C28H29N5O4/c29-15-23-14-22(3-6-26(23)37-19-21-16-33(17-21)28(35)18-34)25-7-8-30-27(31-25)13-20-1-4-24(5-2-20)32-9-11-36-12-10-32/h1-8,14,21,34H,9-13,16-19H2. The predicted octanol–water partition coefficient (Wildman–Crippen LogP) is 2.27. The van der Waals surface area contributed by atoms with E-state index in [-0.39, 0.29) is 11.8 Å². The molecule has 9 nitrogen and oxygen atoms in total. The van der Waals surface area contributed by atoms with Crippen molar-refractivity contribution in [3.8, 4) is 23.1 Å². The molecule has 1 aromatic heterocycles. The third kappa shape index (κ3) is 5.88. The van der Waals surface area contributed by atoms with Crippen molar-refractivity contribution >= 4 is 11.6 Å². The molecule has 2 aromatic carbocycles. The molecule has 3 heterocycles. The monoisotopic (exact) mass is 499 g/mol. The lowest BCUT2D eigenvalue weighted by Crippen LogP contribution is -2.52. The zero-order valence-corrected chi connectivity index (χ0v) is 20.5. The number of likely N-dealkylation sites (tertiary alicyclic amines) is 1. The average molecular weight is 500 g/mol. The number of aliphatic hydroxyl groups excluding tert-OH is 1. The van der Waals surface area contributed by atoms with Crippen LogP contribution in [0.2, 0.25) is 0 Å². The van der Waals surface area contributed by atoms with Gasteiger partial charge in [0, 0.05) is 56.0 Å². The molecule has 190 valence electrons. The van der Waals surface area contributed by atoms with Crippen LogP contribution >= 0.6 is 0 Å². The normalized spacial score (nSPS) is 15.7. The minimum atomic E-state index is -0.473. The smallest absolute Gasteiger partial charge is 0.248 e. The summed E-state index contributed by atoms with van der Waals surface area (Å²) >= 11 is 0. The molecule has 1 N–H and O–H groups in total. The molecule has 3 aromatic rings. The van der Waals surface area contributed by atoms with E-state index in [0.717, 1.165) is 43.1 Å². The highest BCUT2D eigenvalue weighted by Gasteiger charge is 2.30. The van der Waals surface area contributed by atoms with Gasteiger partial charge in [0.25, 0.3) is 0 Å². The van der Waals surface area contributed by atoms with E-state index in [4.69, 9.17) is 19.6 Å². The number of hydrogen-bond donors (Lipinski definition) is 1. The van der Waals surface area contributed by atoms with E-state index in [2.05, 4.69) is 40.2 Å². The van der Waals surface area contributed by atoms with Crippen LogP contribution in [0.4, 0.5) is 5.69 Å². The number of anilines is 1. The number of rotatable bonds is 8. The second-order valence-corrected chi connectivity index (χ2v) is 9.26. The molecule has 5 rings (SSSR count). The van der Waals surface area contributed by atoms with Crippen LogP contribution in [-0.2, 0) is 16.0 Å². The number of carbonyl (C=O) groups excluding carboxylic acids is 1. The number of benzene rings is 2. The fraction of sp³-hybridized carbons (Fsp3) is 0.357. The number of aromatic nitrogens is 2. The molecule has 0 bridgehead atoms. The van der Waals surface area contributed by atoms with E-state index in [1.165, 1.54) is 5.69 Å².